The molecular formula is C16H24N6O2. The van der Waals surface area contributed by atoms with Crippen LogP contribution >= 0.6 is 0 Å². The molecule has 3 rings (SSSR count). The second kappa shape index (κ2) is 5.68. The molecule has 1 saturated heterocycles. The Morgan fingerprint density at radius 3 is 2.50 bits per heavy atom. The Balaban J connectivity index is 1.73. The highest BCUT2D eigenvalue weighted by Gasteiger charge is 2.39. The third-order valence-electron chi connectivity index (χ3n) is 4.11. The van der Waals surface area contributed by atoms with E-state index in [0.29, 0.717) is 24.0 Å². The van der Waals surface area contributed by atoms with Crippen LogP contribution in [0.1, 0.15) is 56.3 Å². The van der Waals surface area contributed by atoms with E-state index < -0.39 is 0 Å². The Hall–Kier alpha value is -2.25. The lowest BCUT2D eigenvalue weighted by molar-refractivity contribution is 0.0223. The Labute approximate surface area is 141 Å². The van der Waals surface area contributed by atoms with Gasteiger partial charge in [0, 0.05) is 20.0 Å². The summed E-state index contributed by atoms with van der Waals surface area (Å²) in [6.07, 6.45) is 2.73. The summed E-state index contributed by atoms with van der Waals surface area (Å²) in [5, 5.41) is 11.9. The highest BCUT2D eigenvalue weighted by atomic mass is 16.5. The molecule has 2 aromatic heterocycles. The minimum Gasteiger partial charge on any atom is -0.340 e. The molecule has 1 amide bonds. The summed E-state index contributed by atoms with van der Waals surface area (Å²) < 4.78 is 6.49. The van der Waals surface area contributed by atoms with Gasteiger partial charge in [-0.2, -0.15) is 4.98 Å². The molecule has 1 aliphatic heterocycles. The zero-order valence-corrected chi connectivity index (χ0v) is 14.9. The Bertz CT molecular complexity index is 729. The van der Waals surface area contributed by atoms with Gasteiger partial charge < -0.3 is 9.42 Å². The summed E-state index contributed by atoms with van der Waals surface area (Å²) >= 11 is 0. The van der Waals surface area contributed by atoms with Crippen molar-refractivity contribution in [2.24, 2.45) is 10.8 Å². The van der Waals surface area contributed by atoms with E-state index in [4.69, 9.17) is 4.52 Å². The summed E-state index contributed by atoms with van der Waals surface area (Å²) in [6.45, 7) is 12.3. The molecule has 0 unspecified atom stereocenters. The fraction of sp³-hybridized carbons (Fsp3) is 0.688. The first-order valence-electron chi connectivity index (χ1n) is 8.12. The van der Waals surface area contributed by atoms with Gasteiger partial charge in [-0.3, -0.25) is 4.79 Å². The second-order valence-electron chi connectivity index (χ2n) is 8.20. The number of amides is 1. The highest BCUT2D eigenvalue weighted by Crippen LogP contribution is 2.39. The molecule has 0 saturated carbocycles. The normalized spacial score (nSPS) is 19.5. The van der Waals surface area contributed by atoms with E-state index in [9.17, 15) is 4.79 Å². The number of carbonyl (C=O) groups is 1. The first-order chi connectivity index (χ1) is 11.1. The van der Waals surface area contributed by atoms with Crippen molar-refractivity contribution in [1.82, 2.24) is 30.0 Å². The largest absolute Gasteiger partial charge is 0.340 e. The number of hydrogen-bond acceptors (Lipinski definition) is 6. The van der Waals surface area contributed by atoms with Crippen LogP contribution in [0.3, 0.4) is 0 Å². The maximum absolute atomic E-state index is 12.8. The van der Waals surface area contributed by atoms with Crippen molar-refractivity contribution in [3.8, 4) is 0 Å². The van der Waals surface area contributed by atoms with Crippen LogP contribution in [-0.2, 0) is 6.54 Å². The smallest absolute Gasteiger partial charge is 0.276 e. The zero-order valence-electron chi connectivity index (χ0n) is 14.9. The van der Waals surface area contributed by atoms with Crippen LogP contribution < -0.4 is 0 Å². The van der Waals surface area contributed by atoms with E-state index in [-0.39, 0.29) is 16.7 Å². The van der Waals surface area contributed by atoms with Gasteiger partial charge in [0.2, 0.25) is 5.89 Å². The van der Waals surface area contributed by atoms with Gasteiger partial charge in [-0.25, -0.2) is 4.68 Å². The lowest BCUT2D eigenvalue weighted by atomic mass is 9.71. The number of nitrogens with zero attached hydrogens (tertiary/aromatic N) is 6. The van der Waals surface area contributed by atoms with E-state index in [1.807, 2.05) is 4.90 Å². The molecule has 2 aromatic rings. The summed E-state index contributed by atoms with van der Waals surface area (Å²) in [6, 6.07) is 0. The maximum atomic E-state index is 12.8. The first kappa shape index (κ1) is 16.6. The number of rotatable bonds is 3. The van der Waals surface area contributed by atoms with Crippen molar-refractivity contribution in [1.29, 1.82) is 0 Å². The van der Waals surface area contributed by atoms with Crippen LogP contribution in [0.4, 0.5) is 0 Å². The minimum absolute atomic E-state index is 0.0774. The van der Waals surface area contributed by atoms with Crippen LogP contribution in [-0.4, -0.2) is 49.0 Å². The Kier molecular flexibility index (Phi) is 3.93. The molecule has 0 spiro atoms. The summed E-state index contributed by atoms with van der Waals surface area (Å²) in [4.78, 5) is 18.8. The number of piperidine rings is 1. The molecule has 0 atom stereocenters. The van der Waals surface area contributed by atoms with Crippen LogP contribution in [0.5, 0.6) is 0 Å². The number of aryl methyl sites for hydroxylation is 1. The van der Waals surface area contributed by atoms with Crippen molar-refractivity contribution < 1.29 is 9.32 Å². The second-order valence-corrected chi connectivity index (χ2v) is 8.20. The van der Waals surface area contributed by atoms with E-state index in [1.165, 1.54) is 0 Å². The zero-order chi connectivity index (χ0) is 17.5. The number of aromatic nitrogens is 5. The highest BCUT2D eigenvalue weighted by molar-refractivity contribution is 5.92. The first-order valence-corrected chi connectivity index (χ1v) is 8.12. The average Bonchev–Trinajstić information content (AvgIpc) is 3.04. The average molecular weight is 332 g/mol. The number of carbonyl (C=O) groups excluding carboxylic acids is 1. The number of likely N-dealkylation sites (tertiary alicyclic amines) is 1. The third-order valence-corrected chi connectivity index (χ3v) is 4.11. The predicted octanol–water partition coefficient (Wildman–Crippen LogP) is 1.92. The van der Waals surface area contributed by atoms with Gasteiger partial charge in [-0.05, 0) is 17.3 Å². The predicted molar refractivity (Wildman–Crippen MR) is 86.2 cm³/mol. The molecule has 0 radical (unpaired) electrons. The lowest BCUT2D eigenvalue weighted by Gasteiger charge is -2.46. The lowest BCUT2D eigenvalue weighted by Crippen LogP contribution is -2.50. The molecule has 3 heterocycles. The van der Waals surface area contributed by atoms with Gasteiger partial charge in [0.25, 0.3) is 5.91 Å². The summed E-state index contributed by atoms with van der Waals surface area (Å²) in [5.74, 6) is 0.933. The van der Waals surface area contributed by atoms with Crippen molar-refractivity contribution in [2.75, 3.05) is 13.1 Å². The molecule has 0 aromatic carbocycles. The number of hydrogen-bond donors (Lipinski definition) is 0. The SMILES string of the molecule is Cc1nc(Cn2cc(C(=O)N3CC(C)(C)CC(C)(C)C3)nn2)no1. The molecule has 0 N–H and O–H groups in total. The molecule has 1 aliphatic rings. The van der Waals surface area contributed by atoms with Gasteiger partial charge in [-0.15, -0.1) is 5.10 Å². The summed E-state index contributed by atoms with van der Waals surface area (Å²) in [5.41, 5.74) is 0.536. The fourth-order valence-corrected chi connectivity index (χ4v) is 3.83. The van der Waals surface area contributed by atoms with Gasteiger partial charge in [-0.1, -0.05) is 38.1 Å². The molecule has 8 heteroatoms. The van der Waals surface area contributed by atoms with Crippen molar-refractivity contribution >= 4 is 5.91 Å². The fourth-order valence-electron chi connectivity index (χ4n) is 3.83. The molecule has 1 fully saturated rings. The molecular weight excluding hydrogens is 308 g/mol. The van der Waals surface area contributed by atoms with E-state index in [0.717, 1.165) is 19.5 Å². The summed E-state index contributed by atoms with van der Waals surface area (Å²) in [7, 11) is 0. The molecule has 0 aliphatic carbocycles. The van der Waals surface area contributed by atoms with Crippen LogP contribution in [0.15, 0.2) is 10.7 Å². The van der Waals surface area contributed by atoms with Gasteiger partial charge >= 0.3 is 0 Å². The van der Waals surface area contributed by atoms with Crippen molar-refractivity contribution in [3.63, 3.8) is 0 Å². The Morgan fingerprint density at radius 2 is 1.92 bits per heavy atom. The van der Waals surface area contributed by atoms with E-state index in [1.54, 1.807) is 17.8 Å². The quantitative estimate of drug-likeness (QED) is 0.853. The molecule has 8 nitrogen and oxygen atoms in total. The van der Waals surface area contributed by atoms with E-state index in [2.05, 4.69) is 48.1 Å². The molecule has 130 valence electrons. The standard InChI is InChI=1S/C16H24N6O2/c1-11-17-13(19-24-11)7-22-6-12(18-20-22)14(23)21-9-15(2,3)8-16(4,5)10-21/h6H,7-10H2,1-5H3. The third kappa shape index (κ3) is 3.63. The maximum Gasteiger partial charge on any atom is 0.276 e. The monoisotopic (exact) mass is 332 g/mol. The van der Waals surface area contributed by atoms with Gasteiger partial charge in [0.1, 0.15) is 6.54 Å². The van der Waals surface area contributed by atoms with Gasteiger partial charge in [0.15, 0.2) is 11.5 Å². The van der Waals surface area contributed by atoms with Gasteiger partial charge in [0.05, 0.1) is 6.20 Å². The van der Waals surface area contributed by atoms with Crippen LogP contribution in [0.2, 0.25) is 0 Å². The van der Waals surface area contributed by atoms with Crippen LogP contribution in [0.25, 0.3) is 0 Å². The van der Waals surface area contributed by atoms with Crippen LogP contribution in [0, 0.1) is 17.8 Å². The Morgan fingerprint density at radius 1 is 1.25 bits per heavy atom. The minimum atomic E-state index is -0.0774. The molecule has 24 heavy (non-hydrogen) atoms. The molecule has 0 bridgehead atoms. The van der Waals surface area contributed by atoms with Crippen molar-refractivity contribution in [2.45, 2.75) is 47.6 Å². The topological polar surface area (TPSA) is 89.9 Å². The van der Waals surface area contributed by atoms with Crippen molar-refractivity contribution in [3.05, 3.63) is 23.6 Å². The van der Waals surface area contributed by atoms with E-state index >= 15 is 0 Å².